The number of benzene rings is 1. The molecule has 160 valence electrons. The van der Waals surface area contributed by atoms with Gasteiger partial charge in [0.1, 0.15) is 15.6 Å². The predicted molar refractivity (Wildman–Crippen MR) is 128 cm³/mol. The fraction of sp³-hybridized carbons (Fsp3) is 0.450. The average molecular weight is 532 g/mol. The van der Waals surface area contributed by atoms with Gasteiger partial charge in [0.25, 0.3) is 0 Å². The van der Waals surface area contributed by atoms with Crippen molar-refractivity contribution < 1.29 is 14.3 Å². The highest BCUT2D eigenvalue weighted by Gasteiger charge is 2.20. The van der Waals surface area contributed by atoms with E-state index in [1.807, 2.05) is 45.0 Å². The van der Waals surface area contributed by atoms with Crippen molar-refractivity contribution in [3.8, 4) is 5.75 Å². The first-order chi connectivity index (χ1) is 13.5. The van der Waals surface area contributed by atoms with Gasteiger partial charge in [0.2, 0.25) is 0 Å². The number of carbonyl (C=O) groups excluding carboxylic acids is 1. The molecule has 0 amide bonds. The Morgan fingerprint density at radius 3 is 2.72 bits per heavy atom. The van der Waals surface area contributed by atoms with Crippen molar-refractivity contribution in [2.75, 3.05) is 20.3 Å². The lowest BCUT2D eigenvalue weighted by atomic mass is 10.2. The molecular weight excluding hydrogens is 503 g/mol. The van der Waals surface area contributed by atoms with Crippen LogP contribution < -0.4 is 15.4 Å². The molecule has 29 heavy (non-hydrogen) atoms. The highest BCUT2D eigenvalue weighted by molar-refractivity contribution is 14.0. The number of halogens is 1. The van der Waals surface area contributed by atoms with Crippen LogP contribution in [0.3, 0.4) is 0 Å². The Bertz CT molecular complexity index is 826. The first-order valence-corrected chi connectivity index (χ1v) is 10.1. The number of aryl methyl sites for hydroxylation is 1. The summed E-state index contributed by atoms with van der Waals surface area (Å²) in [5.74, 6) is 1.18. The summed E-state index contributed by atoms with van der Waals surface area (Å²) in [4.78, 5) is 21.3. The number of aromatic nitrogens is 1. The maximum atomic E-state index is 12.0. The molecule has 0 saturated heterocycles. The van der Waals surface area contributed by atoms with Crippen LogP contribution in [-0.2, 0) is 11.3 Å². The number of rotatable bonds is 8. The van der Waals surface area contributed by atoms with Crippen LogP contribution in [0, 0.1) is 6.92 Å². The zero-order chi connectivity index (χ0) is 20.5. The monoisotopic (exact) mass is 532 g/mol. The van der Waals surface area contributed by atoms with Crippen molar-refractivity contribution in [2.24, 2.45) is 4.99 Å². The van der Waals surface area contributed by atoms with Gasteiger partial charge in [0.15, 0.2) is 5.96 Å². The van der Waals surface area contributed by atoms with E-state index in [9.17, 15) is 4.79 Å². The van der Waals surface area contributed by atoms with E-state index in [2.05, 4.69) is 20.6 Å². The summed E-state index contributed by atoms with van der Waals surface area (Å²) in [6.45, 7) is 9.15. The van der Waals surface area contributed by atoms with Crippen LogP contribution in [0.5, 0.6) is 5.75 Å². The molecular formula is C20H29IN4O3S. The summed E-state index contributed by atoms with van der Waals surface area (Å²) in [6.07, 6.45) is 0. The first kappa shape index (κ1) is 25.2. The molecule has 2 rings (SSSR count). The summed E-state index contributed by atoms with van der Waals surface area (Å²) in [7, 11) is 1.72. The van der Waals surface area contributed by atoms with Gasteiger partial charge >= 0.3 is 5.97 Å². The van der Waals surface area contributed by atoms with Crippen molar-refractivity contribution in [1.29, 1.82) is 0 Å². The molecule has 1 aromatic carbocycles. The molecule has 1 aromatic heterocycles. The highest BCUT2D eigenvalue weighted by atomic mass is 127. The SMILES string of the molecule is CCOC(=O)c1sc(C(C)NC(=NC)NCc2cccc(OCC)c2)nc1C.I. The molecule has 2 aromatic rings. The lowest BCUT2D eigenvalue weighted by Gasteiger charge is -2.16. The molecule has 0 radical (unpaired) electrons. The maximum Gasteiger partial charge on any atom is 0.350 e. The zero-order valence-corrected chi connectivity index (χ0v) is 20.6. The molecule has 1 heterocycles. The van der Waals surface area contributed by atoms with Crippen molar-refractivity contribution >= 4 is 47.2 Å². The van der Waals surface area contributed by atoms with Gasteiger partial charge in [-0.25, -0.2) is 9.78 Å². The van der Waals surface area contributed by atoms with E-state index in [0.717, 1.165) is 16.3 Å². The predicted octanol–water partition coefficient (Wildman–Crippen LogP) is 4.07. The standard InChI is InChI=1S/C20H28N4O3S.HI/c1-6-26-16-10-8-9-15(11-16)12-22-20(21-5)24-14(4)18-23-13(3)17(28-18)19(25)27-7-2;/h8-11,14H,6-7,12H2,1-5H3,(H2,21,22,24);1H. The van der Waals surface area contributed by atoms with Crippen LogP contribution in [0.4, 0.5) is 0 Å². The van der Waals surface area contributed by atoms with Gasteiger partial charge in [-0.2, -0.15) is 0 Å². The van der Waals surface area contributed by atoms with E-state index in [0.29, 0.717) is 36.3 Å². The Morgan fingerprint density at radius 2 is 2.07 bits per heavy atom. The van der Waals surface area contributed by atoms with Crippen LogP contribution in [-0.4, -0.2) is 37.2 Å². The molecule has 0 aliphatic heterocycles. The third-order valence-corrected chi connectivity index (χ3v) is 5.21. The molecule has 9 heteroatoms. The van der Waals surface area contributed by atoms with E-state index >= 15 is 0 Å². The number of ether oxygens (including phenoxy) is 2. The second-order valence-electron chi connectivity index (χ2n) is 6.06. The van der Waals surface area contributed by atoms with Gasteiger partial charge in [-0.3, -0.25) is 4.99 Å². The molecule has 1 unspecified atom stereocenters. The van der Waals surface area contributed by atoms with Gasteiger partial charge in [0, 0.05) is 13.6 Å². The third kappa shape index (κ3) is 7.46. The number of esters is 1. The minimum absolute atomic E-state index is 0. The Balaban J connectivity index is 0.00000420. The van der Waals surface area contributed by atoms with Gasteiger partial charge in [-0.15, -0.1) is 35.3 Å². The molecule has 7 nitrogen and oxygen atoms in total. The normalized spacial score (nSPS) is 12.0. The molecule has 0 spiro atoms. The number of guanidine groups is 1. The van der Waals surface area contributed by atoms with E-state index < -0.39 is 0 Å². The number of hydrogen-bond acceptors (Lipinski definition) is 6. The van der Waals surface area contributed by atoms with E-state index in [4.69, 9.17) is 9.47 Å². The Kier molecular flexibility index (Phi) is 11.0. The molecule has 0 aliphatic rings. The molecule has 0 bridgehead atoms. The summed E-state index contributed by atoms with van der Waals surface area (Å²) in [5, 5.41) is 7.40. The molecule has 0 saturated carbocycles. The Morgan fingerprint density at radius 1 is 1.31 bits per heavy atom. The molecule has 2 N–H and O–H groups in total. The van der Waals surface area contributed by atoms with Crippen LogP contribution >= 0.6 is 35.3 Å². The number of thiazole rings is 1. The van der Waals surface area contributed by atoms with Crippen molar-refractivity contribution in [1.82, 2.24) is 15.6 Å². The van der Waals surface area contributed by atoms with Gasteiger partial charge in [-0.1, -0.05) is 12.1 Å². The van der Waals surface area contributed by atoms with Gasteiger partial charge in [0.05, 0.1) is 24.9 Å². The lowest BCUT2D eigenvalue weighted by Crippen LogP contribution is -2.38. The summed E-state index contributed by atoms with van der Waals surface area (Å²) in [5.41, 5.74) is 1.78. The number of nitrogens with one attached hydrogen (secondary N) is 2. The lowest BCUT2D eigenvalue weighted by molar-refractivity contribution is 0.0531. The van der Waals surface area contributed by atoms with Crippen LogP contribution in [0.1, 0.15) is 52.7 Å². The zero-order valence-electron chi connectivity index (χ0n) is 17.4. The van der Waals surface area contributed by atoms with Gasteiger partial charge in [-0.05, 0) is 45.4 Å². The van der Waals surface area contributed by atoms with E-state index in [1.54, 1.807) is 14.0 Å². The molecule has 0 fully saturated rings. The average Bonchev–Trinajstić information content (AvgIpc) is 3.08. The first-order valence-electron chi connectivity index (χ1n) is 9.31. The largest absolute Gasteiger partial charge is 0.494 e. The summed E-state index contributed by atoms with van der Waals surface area (Å²) < 4.78 is 10.6. The number of hydrogen-bond donors (Lipinski definition) is 2. The number of carbonyl (C=O) groups is 1. The number of aliphatic imine (C=N–C) groups is 1. The van der Waals surface area contributed by atoms with Crippen LogP contribution in [0.15, 0.2) is 29.3 Å². The highest BCUT2D eigenvalue weighted by Crippen LogP contribution is 2.24. The van der Waals surface area contributed by atoms with Gasteiger partial charge < -0.3 is 20.1 Å². The maximum absolute atomic E-state index is 12.0. The Hall–Kier alpha value is -1.88. The second kappa shape index (κ2) is 12.6. The minimum atomic E-state index is -0.326. The minimum Gasteiger partial charge on any atom is -0.494 e. The molecule has 1 atom stereocenters. The Labute approximate surface area is 193 Å². The summed E-state index contributed by atoms with van der Waals surface area (Å²) >= 11 is 1.34. The topological polar surface area (TPSA) is 84.8 Å². The smallest absolute Gasteiger partial charge is 0.350 e. The van der Waals surface area contributed by atoms with Crippen molar-refractivity contribution in [3.05, 3.63) is 45.4 Å². The number of nitrogens with zero attached hydrogens (tertiary/aromatic N) is 2. The molecule has 0 aliphatic carbocycles. The van der Waals surface area contributed by atoms with Crippen molar-refractivity contribution in [2.45, 2.75) is 40.3 Å². The van der Waals surface area contributed by atoms with Crippen LogP contribution in [0.2, 0.25) is 0 Å². The fourth-order valence-corrected chi connectivity index (χ4v) is 3.51. The third-order valence-electron chi connectivity index (χ3n) is 3.89. The van der Waals surface area contributed by atoms with Crippen LogP contribution in [0.25, 0.3) is 0 Å². The summed E-state index contributed by atoms with van der Waals surface area (Å²) in [6, 6.07) is 7.84. The van der Waals surface area contributed by atoms with E-state index in [1.165, 1.54) is 11.3 Å². The second-order valence-corrected chi connectivity index (χ2v) is 7.09. The quantitative estimate of drug-likeness (QED) is 0.231. The van der Waals surface area contributed by atoms with Crippen molar-refractivity contribution in [3.63, 3.8) is 0 Å². The fourth-order valence-electron chi connectivity index (χ4n) is 2.55. The van der Waals surface area contributed by atoms with E-state index in [-0.39, 0.29) is 36.0 Å².